The molecule has 152 valence electrons. The zero-order valence-corrected chi connectivity index (χ0v) is 15.5. The summed E-state index contributed by atoms with van der Waals surface area (Å²) in [5, 5.41) is 0. The molecule has 0 aromatic heterocycles. The first-order valence-electron chi connectivity index (χ1n) is 8.34. The Hall–Kier alpha value is -1.72. The van der Waals surface area contributed by atoms with Crippen molar-refractivity contribution in [2.45, 2.75) is 30.5 Å². The summed E-state index contributed by atoms with van der Waals surface area (Å²) in [5.41, 5.74) is 0. The van der Waals surface area contributed by atoms with Gasteiger partial charge in [-0.1, -0.05) is 12.1 Å². The minimum absolute atomic E-state index is 0.0397. The quantitative estimate of drug-likeness (QED) is 0.748. The van der Waals surface area contributed by atoms with Gasteiger partial charge in [-0.3, -0.25) is 9.69 Å². The monoisotopic (exact) mass is 411 g/mol. The molecule has 1 aliphatic heterocycles. The molecule has 0 saturated carbocycles. The summed E-state index contributed by atoms with van der Waals surface area (Å²) >= 11 is 0. The van der Waals surface area contributed by atoms with Crippen LogP contribution in [0.15, 0.2) is 29.2 Å². The minimum atomic E-state index is -4.32. The number of hydrogen-bond donors (Lipinski definition) is 1. The van der Waals surface area contributed by atoms with Crippen molar-refractivity contribution in [3.8, 4) is 0 Å². The third-order valence-electron chi connectivity index (χ3n) is 4.13. The van der Waals surface area contributed by atoms with Gasteiger partial charge in [-0.25, -0.2) is 12.8 Å². The Bertz CT molecular complexity index is 770. The molecule has 1 amide bonds. The van der Waals surface area contributed by atoms with Gasteiger partial charge < -0.3 is 4.90 Å². The zero-order valence-electron chi connectivity index (χ0n) is 14.7. The number of benzene rings is 1. The van der Waals surface area contributed by atoms with Crippen molar-refractivity contribution in [1.29, 1.82) is 0 Å². The van der Waals surface area contributed by atoms with Crippen LogP contribution in [0.1, 0.15) is 13.3 Å². The van der Waals surface area contributed by atoms with Gasteiger partial charge in [0, 0.05) is 26.2 Å². The molecule has 1 heterocycles. The SMILES string of the molecule is C[C@H](NS(=O)(=O)c1ccccc1F)C(=O)N1CCCN(CC(F)(F)F)CC1. The average Bonchev–Trinajstić information content (AvgIpc) is 2.77. The molecule has 2 rings (SSSR count). The highest BCUT2D eigenvalue weighted by Gasteiger charge is 2.33. The van der Waals surface area contributed by atoms with Crippen molar-refractivity contribution in [1.82, 2.24) is 14.5 Å². The Morgan fingerprint density at radius 2 is 1.85 bits per heavy atom. The molecule has 1 fully saturated rings. The van der Waals surface area contributed by atoms with E-state index >= 15 is 0 Å². The van der Waals surface area contributed by atoms with Gasteiger partial charge in [0.15, 0.2) is 0 Å². The number of sulfonamides is 1. The Morgan fingerprint density at radius 3 is 2.48 bits per heavy atom. The molecule has 1 aromatic rings. The fraction of sp³-hybridized carbons (Fsp3) is 0.562. The van der Waals surface area contributed by atoms with Crippen LogP contribution in [0, 0.1) is 5.82 Å². The first-order chi connectivity index (χ1) is 12.5. The third-order valence-corrected chi connectivity index (χ3v) is 5.71. The maximum Gasteiger partial charge on any atom is 0.401 e. The van der Waals surface area contributed by atoms with Crippen molar-refractivity contribution in [2.75, 3.05) is 32.7 Å². The van der Waals surface area contributed by atoms with E-state index in [0.29, 0.717) is 6.42 Å². The highest BCUT2D eigenvalue weighted by molar-refractivity contribution is 7.89. The van der Waals surface area contributed by atoms with Crippen LogP contribution >= 0.6 is 0 Å². The minimum Gasteiger partial charge on any atom is -0.340 e. The van der Waals surface area contributed by atoms with Crippen LogP contribution in [0.5, 0.6) is 0 Å². The lowest BCUT2D eigenvalue weighted by Crippen LogP contribution is -2.48. The van der Waals surface area contributed by atoms with E-state index in [0.717, 1.165) is 12.1 Å². The second kappa shape index (κ2) is 8.53. The molecule has 0 aliphatic carbocycles. The predicted molar refractivity (Wildman–Crippen MR) is 89.9 cm³/mol. The number of carbonyl (C=O) groups is 1. The molecule has 1 saturated heterocycles. The van der Waals surface area contributed by atoms with Gasteiger partial charge in [-0.2, -0.15) is 17.9 Å². The van der Waals surface area contributed by atoms with E-state index in [-0.39, 0.29) is 26.2 Å². The second-order valence-corrected chi connectivity index (χ2v) is 8.03. The topological polar surface area (TPSA) is 69.7 Å². The summed E-state index contributed by atoms with van der Waals surface area (Å²) in [6.45, 7) is 0.778. The van der Waals surface area contributed by atoms with Gasteiger partial charge >= 0.3 is 6.18 Å². The number of halogens is 4. The lowest BCUT2D eigenvalue weighted by molar-refractivity contribution is -0.145. The Kier molecular flexibility index (Phi) is 6.82. The summed E-state index contributed by atoms with van der Waals surface area (Å²) in [5.74, 6) is -1.51. The van der Waals surface area contributed by atoms with Crippen LogP contribution in [0.3, 0.4) is 0 Å². The van der Waals surface area contributed by atoms with E-state index in [9.17, 15) is 30.8 Å². The molecule has 1 atom stereocenters. The molecule has 27 heavy (non-hydrogen) atoms. The highest BCUT2D eigenvalue weighted by Crippen LogP contribution is 2.18. The molecule has 0 spiro atoms. The maximum absolute atomic E-state index is 13.7. The van der Waals surface area contributed by atoms with Crippen LogP contribution in [-0.4, -0.2) is 69.1 Å². The molecule has 1 N–H and O–H groups in total. The van der Waals surface area contributed by atoms with Gasteiger partial charge in [0.1, 0.15) is 10.7 Å². The van der Waals surface area contributed by atoms with E-state index in [1.165, 1.54) is 28.9 Å². The van der Waals surface area contributed by atoms with Gasteiger partial charge in [0.05, 0.1) is 12.6 Å². The average molecular weight is 411 g/mol. The number of nitrogens with one attached hydrogen (secondary N) is 1. The van der Waals surface area contributed by atoms with Gasteiger partial charge in [-0.15, -0.1) is 0 Å². The summed E-state index contributed by atoms with van der Waals surface area (Å²) in [6, 6.07) is 3.59. The Labute approximate surface area is 155 Å². The lowest BCUT2D eigenvalue weighted by atomic mass is 10.3. The van der Waals surface area contributed by atoms with Gasteiger partial charge in [0.2, 0.25) is 15.9 Å². The molecular weight excluding hydrogens is 390 g/mol. The predicted octanol–water partition coefficient (Wildman–Crippen LogP) is 1.59. The van der Waals surface area contributed by atoms with Crippen LogP contribution in [0.25, 0.3) is 0 Å². The van der Waals surface area contributed by atoms with E-state index in [4.69, 9.17) is 0 Å². The Balaban J connectivity index is 2.00. The largest absolute Gasteiger partial charge is 0.401 e. The first-order valence-corrected chi connectivity index (χ1v) is 9.83. The number of rotatable bonds is 5. The number of carbonyl (C=O) groups excluding carboxylic acids is 1. The number of nitrogens with zero attached hydrogens (tertiary/aromatic N) is 2. The van der Waals surface area contributed by atoms with Crippen molar-refractivity contribution < 1.29 is 30.8 Å². The second-order valence-electron chi connectivity index (χ2n) is 6.34. The van der Waals surface area contributed by atoms with Crippen molar-refractivity contribution in [3.05, 3.63) is 30.1 Å². The molecule has 0 bridgehead atoms. The van der Waals surface area contributed by atoms with Crippen LogP contribution in [-0.2, 0) is 14.8 Å². The number of hydrogen-bond acceptors (Lipinski definition) is 4. The van der Waals surface area contributed by atoms with Gasteiger partial charge in [0.25, 0.3) is 0 Å². The van der Waals surface area contributed by atoms with Crippen molar-refractivity contribution >= 4 is 15.9 Å². The summed E-state index contributed by atoms with van der Waals surface area (Å²) in [7, 11) is -4.25. The van der Waals surface area contributed by atoms with E-state index in [1.807, 2.05) is 0 Å². The molecule has 1 aromatic carbocycles. The lowest BCUT2D eigenvalue weighted by Gasteiger charge is -2.25. The van der Waals surface area contributed by atoms with Crippen LogP contribution in [0.4, 0.5) is 17.6 Å². The molecule has 1 aliphatic rings. The maximum atomic E-state index is 13.7. The molecule has 0 unspecified atom stereocenters. The first kappa shape index (κ1) is 21.6. The van der Waals surface area contributed by atoms with E-state index in [1.54, 1.807) is 0 Å². The van der Waals surface area contributed by atoms with E-state index in [2.05, 4.69) is 4.72 Å². The third kappa shape index (κ3) is 6.15. The Morgan fingerprint density at radius 1 is 1.19 bits per heavy atom. The number of amides is 1. The van der Waals surface area contributed by atoms with Gasteiger partial charge in [-0.05, 0) is 25.5 Å². The van der Waals surface area contributed by atoms with Crippen LogP contribution in [0.2, 0.25) is 0 Å². The fourth-order valence-electron chi connectivity index (χ4n) is 2.89. The summed E-state index contributed by atoms with van der Waals surface area (Å²) in [6.07, 6.45) is -3.98. The van der Waals surface area contributed by atoms with Crippen LogP contribution < -0.4 is 4.72 Å². The van der Waals surface area contributed by atoms with Crippen molar-refractivity contribution in [2.24, 2.45) is 0 Å². The van der Waals surface area contributed by atoms with Crippen molar-refractivity contribution in [3.63, 3.8) is 0 Å². The smallest absolute Gasteiger partial charge is 0.340 e. The number of alkyl halides is 3. The zero-order chi connectivity index (χ0) is 20.2. The highest BCUT2D eigenvalue weighted by atomic mass is 32.2. The molecule has 11 heteroatoms. The molecular formula is C16H21F4N3O3S. The molecule has 6 nitrogen and oxygen atoms in total. The molecule has 0 radical (unpaired) electrons. The van der Waals surface area contributed by atoms with E-state index < -0.39 is 45.4 Å². The summed E-state index contributed by atoms with van der Waals surface area (Å²) < 4.78 is 77.9. The normalized spacial score (nSPS) is 18.2. The standard InChI is InChI=1S/C16H21F4N3O3S/c1-12(21-27(25,26)14-6-3-2-5-13(14)17)15(24)23-8-4-7-22(9-10-23)11-16(18,19)20/h2-3,5-6,12,21H,4,7-11H2,1H3/t12-/m0/s1. The summed E-state index contributed by atoms with van der Waals surface area (Å²) in [4.78, 5) is 14.5. The fourth-order valence-corrected chi connectivity index (χ4v) is 4.16.